The fourth-order valence-corrected chi connectivity index (χ4v) is 6.86. The number of phenolic OH excluding ortho intramolecular Hbond substituents is 1. The van der Waals surface area contributed by atoms with E-state index in [1.807, 2.05) is 24.3 Å². The van der Waals surface area contributed by atoms with E-state index >= 15 is 0 Å². The van der Waals surface area contributed by atoms with Crippen LogP contribution in [0.2, 0.25) is 0 Å². The van der Waals surface area contributed by atoms with Crippen LogP contribution in [0.25, 0.3) is 11.1 Å². The molecule has 5 rings (SSSR count). The summed E-state index contributed by atoms with van der Waals surface area (Å²) in [6, 6.07) is 10.1. The molecule has 40 heavy (non-hydrogen) atoms. The van der Waals surface area contributed by atoms with Crippen LogP contribution in [0.3, 0.4) is 0 Å². The molecular weight excluding hydrogens is 511 g/mol. The van der Waals surface area contributed by atoms with Gasteiger partial charge < -0.3 is 5.11 Å². The Morgan fingerprint density at radius 3 is 2.55 bits per heavy atom. The average molecular weight is 544 g/mol. The summed E-state index contributed by atoms with van der Waals surface area (Å²) >= 11 is 0. The molecule has 4 atom stereocenters. The maximum absolute atomic E-state index is 14.0. The van der Waals surface area contributed by atoms with Crippen molar-refractivity contribution in [3.63, 3.8) is 0 Å². The van der Waals surface area contributed by atoms with Gasteiger partial charge in [-0.25, -0.2) is 0 Å². The van der Waals surface area contributed by atoms with Gasteiger partial charge in [-0.3, -0.25) is 0 Å². The Labute approximate surface area is 232 Å². The fourth-order valence-electron chi connectivity index (χ4n) is 6.86. The van der Waals surface area contributed by atoms with Crippen LogP contribution in [0, 0.1) is 11.8 Å². The van der Waals surface area contributed by atoms with Crippen molar-refractivity contribution in [3.05, 3.63) is 75.8 Å². The third-order valence-corrected chi connectivity index (χ3v) is 8.66. The number of likely N-dealkylation sites (N-methyl/N-ethyl adjacent to an activating group) is 1. The van der Waals surface area contributed by atoms with E-state index in [9.17, 15) is 35.1 Å². The first-order valence-electron chi connectivity index (χ1n) is 13.3. The third-order valence-electron chi connectivity index (χ3n) is 8.66. The summed E-state index contributed by atoms with van der Waals surface area (Å²) in [4.78, 5) is 27.9. The number of hydrogen-bond donors (Lipinski definition) is 6. The quantitative estimate of drug-likeness (QED) is 0.296. The first-order chi connectivity index (χ1) is 18.9. The number of ketones is 1. The van der Waals surface area contributed by atoms with Crippen molar-refractivity contribution in [1.82, 2.24) is 4.90 Å². The molecule has 7 N–H and O–H groups in total. The second-order valence-electron chi connectivity index (χ2n) is 11.1. The van der Waals surface area contributed by atoms with Gasteiger partial charge in [0.05, 0.1) is 0 Å². The Bertz CT molecular complexity index is 1510. The van der Waals surface area contributed by atoms with E-state index in [0.717, 1.165) is 16.7 Å². The number of phenols is 1. The molecule has 208 valence electrons. The number of fused-ring (bicyclic) bond motifs is 3. The Kier molecular flexibility index (Phi) is 6.98. The molecule has 9 nitrogen and oxygen atoms in total. The Hall–Kier alpha value is -3.73. The van der Waals surface area contributed by atoms with Crippen LogP contribution in [-0.4, -0.2) is 87.4 Å². The normalized spacial score (nSPS) is 26.1. The van der Waals surface area contributed by atoms with Crippen LogP contribution in [0.15, 0.2) is 59.1 Å². The summed E-state index contributed by atoms with van der Waals surface area (Å²) in [7, 11) is 7.16. The number of benzene rings is 2. The number of nitrogens with two attached hydrogens (primary N) is 1. The van der Waals surface area contributed by atoms with Crippen LogP contribution in [0.5, 0.6) is 5.75 Å². The molecule has 0 unspecified atom stereocenters. The topological polar surface area (TPSA) is 165 Å². The van der Waals surface area contributed by atoms with E-state index in [-0.39, 0.29) is 53.1 Å². The molecule has 2 aromatic rings. The molecular formula is C30H33BN2O7. The summed E-state index contributed by atoms with van der Waals surface area (Å²) in [5.74, 6) is -4.22. The van der Waals surface area contributed by atoms with Crippen LogP contribution in [0.4, 0.5) is 0 Å². The van der Waals surface area contributed by atoms with Crippen molar-refractivity contribution >= 4 is 24.6 Å². The fraction of sp³-hybridized carbons (Fsp3) is 0.367. The molecule has 0 saturated carbocycles. The van der Waals surface area contributed by atoms with Gasteiger partial charge in [0.15, 0.2) is 0 Å². The van der Waals surface area contributed by atoms with E-state index in [1.165, 1.54) is 6.07 Å². The number of rotatable bonds is 6. The van der Waals surface area contributed by atoms with E-state index < -0.39 is 40.9 Å². The van der Waals surface area contributed by atoms with Gasteiger partial charge in [0.2, 0.25) is 0 Å². The summed E-state index contributed by atoms with van der Waals surface area (Å²) in [5, 5.41) is 54.7. The number of aliphatic hydroxyl groups is 4. The first kappa shape index (κ1) is 27.8. The average Bonchev–Trinajstić information content (AvgIpc) is 2.89. The molecule has 3 aliphatic rings. The van der Waals surface area contributed by atoms with E-state index in [2.05, 4.69) is 7.49 Å². The van der Waals surface area contributed by atoms with Crippen molar-refractivity contribution in [2.45, 2.75) is 37.3 Å². The second-order valence-corrected chi connectivity index (χ2v) is 11.1. The van der Waals surface area contributed by atoms with Crippen LogP contribution in [0.1, 0.15) is 34.3 Å². The van der Waals surface area contributed by atoms with Crippen molar-refractivity contribution in [1.29, 1.82) is 0 Å². The number of nitrogens with zero attached hydrogens (tertiary/aromatic N) is 1. The molecule has 0 fully saturated rings. The second kappa shape index (κ2) is 10.0. The van der Waals surface area contributed by atoms with Crippen molar-refractivity contribution in [2.75, 3.05) is 20.7 Å². The van der Waals surface area contributed by atoms with Crippen molar-refractivity contribution in [3.8, 4) is 16.9 Å². The molecule has 10 heteroatoms. The van der Waals surface area contributed by atoms with E-state index in [4.69, 9.17) is 5.73 Å². The van der Waals surface area contributed by atoms with Crippen molar-refractivity contribution in [2.24, 2.45) is 17.6 Å². The number of aliphatic hydroxyl groups excluding tert-OH is 3. The monoisotopic (exact) mass is 544 g/mol. The Morgan fingerprint density at radius 1 is 1.18 bits per heavy atom. The molecule has 0 saturated heterocycles. The van der Waals surface area contributed by atoms with Gasteiger partial charge in [-0.1, -0.05) is 0 Å². The summed E-state index contributed by atoms with van der Waals surface area (Å²) in [6.07, 6.45) is 1.78. The van der Waals surface area contributed by atoms with Crippen LogP contribution in [-0.2, 0) is 17.6 Å². The number of carbonyl (C=O) groups is 2. The van der Waals surface area contributed by atoms with Crippen LogP contribution >= 0.6 is 0 Å². The number of Topliss-reactive ketones (excluding diaryl/α,β-unsaturated/α-hetero) is 1. The van der Waals surface area contributed by atoms with E-state index in [0.29, 0.717) is 18.4 Å². The Balaban J connectivity index is 1.68. The van der Waals surface area contributed by atoms with Gasteiger partial charge in [-0.2, -0.15) is 0 Å². The van der Waals surface area contributed by atoms with Gasteiger partial charge in [0.1, 0.15) is 0 Å². The van der Waals surface area contributed by atoms with Gasteiger partial charge in [0.25, 0.3) is 0 Å². The summed E-state index contributed by atoms with van der Waals surface area (Å²) in [6.45, 7) is 0.0766. The van der Waals surface area contributed by atoms with Gasteiger partial charge in [-0.05, 0) is 6.42 Å². The molecule has 2 aromatic carbocycles. The molecule has 0 heterocycles. The standard InChI is InChI=1S/C30H33BN2O7/c1-33(2)24-19-13-16-12-18-17(15-7-3-5-14(11-15)6-4-10-34)8-9-20(35)22(18)25(36)21(16)28(38)30(19,40)27(31)23(26(24)37)29(32)39/h3,5,7-9,11,16,19,24,31,34-35,37-38,40H,4,6,10,12-13H2,1-2H3,(H2,32,39)/t16-,19-,24-,30+/m0/s1. The Morgan fingerprint density at radius 2 is 1.90 bits per heavy atom. The number of allylic oxidation sites excluding steroid dienone is 1. The first-order valence-corrected chi connectivity index (χ1v) is 13.3. The number of amides is 1. The summed E-state index contributed by atoms with van der Waals surface area (Å²) < 4.78 is 0. The summed E-state index contributed by atoms with van der Waals surface area (Å²) in [5.41, 5.74) is 5.95. The SMILES string of the molecule is B=C1C(C(N)=O)=C(O)[C@@H](N(C)C)[C@@H]2C[C@@H]3Cc4c(-c5cccc(CCCO)c5)ccc(O)c4C(=O)C3=C(O)[C@]12O. The number of carbonyl (C=O) groups excluding carboxylic acids is 2. The van der Waals surface area contributed by atoms with Crippen LogP contribution < -0.4 is 5.73 Å². The number of hydrogen-bond acceptors (Lipinski definition) is 8. The molecule has 0 spiro atoms. The minimum atomic E-state index is -2.22. The molecule has 0 aliphatic heterocycles. The predicted octanol–water partition coefficient (Wildman–Crippen LogP) is 1.22. The zero-order valence-electron chi connectivity index (χ0n) is 22.5. The van der Waals surface area contributed by atoms with Gasteiger partial charge in [0, 0.05) is 6.61 Å². The zero-order valence-corrected chi connectivity index (χ0v) is 22.5. The van der Waals surface area contributed by atoms with Gasteiger partial charge in [-0.15, -0.1) is 0 Å². The van der Waals surface area contributed by atoms with Crippen molar-refractivity contribution < 1.29 is 35.1 Å². The third kappa shape index (κ3) is 4.01. The predicted molar refractivity (Wildman–Crippen MR) is 152 cm³/mol. The molecule has 1 amide bonds. The zero-order chi connectivity index (χ0) is 29.1. The minimum absolute atomic E-state index is 0.0423. The molecule has 0 aromatic heterocycles. The van der Waals surface area contributed by atoms with Gasteiger partial charge >= 0.3 is 215 Å². The number of aromatic hydroxyl groups is 1. The maximum atomic E-state index is 14.0. The molecule has 0 radical (unpaired) electrons. The number of aryl methyl sites for hydroxylation is 1. The number of primary amides is 1. The molecule has 0 bridgehead atoms. The molecule has 3 aliphatic carbocycles. The van der Waals surface area contributed by atoms with E-state index in [1.54, 1.807) is 25.1 Å².